The number of hydrogen-bond donors (Lipinski definition) is 2. The molecule has 0 fully saturated rings. The molecule has 7 heteroatoms. The fourth-order valence-electron chi connectivity index (χ4n) is 1.44. The minimum Gasteiger partial charge on any atom is -0.493 e. The van der Waals surface area contributed by atoms with Crippen LogP contribution < -0.4 is 15.4 Å². The first-order valence-electron chi connectivity index (χ1n) is 6.09. The van der Waals surface area contributed by atoms with Gasteiger partial charge in [-0.3, -0.25) is 10.1 Å². The lowest BCUT2D eigenvalue weighted by Gasteiger charge is -2.12. The van der Waals surface area contributed by atoms with Crippen molar-refractivity contribution in [2.75, 3.05) is 26.9 Å². The Morgan fingerprint density at radius 2 is 2.20 bits per heavy atom. The van der Waals surface area contributed by atoms with Crippen LogP contribution in [0.5, 0.6) is 5.75 Å². The van der Waals surface area contributed by atoms with Gasteiger partial charge in [0.1, 0.15) is 5.75 Å². The van der Waals surface area contributed by atoms with Gasteiger partial charge < -0.3 is 14.8 Å². The molecule has 2 N–H and O–H groups in total. The van der Waals surface area contributed by atoms with Crippen LogP contribution in [0.15, 0.2) is 22.7 Å². The maximum atomic E-state index is 12.2. The molecule has 0 spiro atoms. The van der Waals surface area contributed by atoms with Gasteiger partial charge in [0.25, 0.3) is 5.91 Å². The van der Waals surface area contributed by atoms with E-state index >= 15 is 0 Å². The molecule has 1 rings (SSSR count). The second-order valence-corrected chi connectivity index (χ2v) is 5.10. The van der Waals surface area contributed by atoms with Gasteiger partial charge in [0.15, 0.2) is 5.11 Å². The molecule has 0 atom stereocenters. The third-order valence-electron chi connectivity index (χ3n) is 2.30. The van der Waals surface area contributed by atoms with Crippen molar-refractivity contribution in [2.24, 2.45) is 0 Å². The van der Waals surface area contributed by atoms with Gasteiger partial charge in [0, 0.05) is 18.1 Å². The normalized spacial score (nSPS) is 9.95. The van der Waals surface area contributed by atoms with Crippen LogP contribution in [-0.2, 0) is 4.74 Å². The summed E-state index contributed by atoms with van der Waals surface area (Å²) in [6.07, 6.45) is 0. The van der Waals surface area contributed by atoms with Crippen molar-refractivity contribution in [3.63, 3.8) is 0 Å². The summed E-state index contributed by atoms with van der Waals surface area (Å²) in [5.41, 5.74) is 0.428. The molecule has 0 heterocycles. The van der Waals surface area contributed by atoms with Gasteiger partial charge in [-0.15, -0.1) is 0 Å². The number of benzene rings is 1. The second-order valence-electron chi connectivity index (χ2n) is 3.78. The fraction of sp³-hybridized carbons (Fsp3) is 0.385. The summed E-state index contributed by atoms with van der Waals surface area (Å²) in [5, 5.41) is 5.74. The monoisotopic (exact) mass is 360 g/mol. The Labute approximate surface area is 132 Å². The molecule has 0 bridgehead atoms. The molecule has 0 aliphatic rings. The highest BCUT2D eigenvalue weighted by Crippen LogP contribution is 2.23. The maximum Gasteiger partial charge on any atom is 0.261 e. The van der Waals surface area contributed by atoms with Crippen molar-refractivity contribution in [3.8, 4) is 5.75 Å². The van der Waals surface area contributed by atoms with Crippen LogP contribution in [0.25, 0.3) is 0 Å². The highest BCUT2D eigenvalue weighted by molar-refractivity contribution is 9.10. The zero-order valence-electron chi connectivity index (χ0n) is 11.4. The van der Waals surface area contributed by atoms with E-state index in [4.69, 9.17) is 21.7 Å². The maximum absolute atomic E-state index is 12.2. The van der Waals surface area contributed by atoms with Crippen LogP contribution >= 0.6 is 28.1 Å². The van der Waals surface area contributed by atoms with Gasteiger partial charge in [-0.25, -0.2) is 0 Å². The predicted octanol–water partition coefficient (Wildman–Crippen LogP) is 2.10. The lowest BCUT2D eigenvalue weighted by Crippen LogP contribution is -2.40. The van der Waals surface area contributed by atoms with E-state index < -0.39 is 0 Å². The third-order valence-corrected chi connectivity index (χ3v) is 3.04. The summed E-state index contributed by atoms with van der Waals surface area (Å²) >= 11 is 8.37. The number of ether oxygens (including phenoxy) is 2. The average molecular weight is 361 g/mol. The van der Waals surface area contributed by atoms with Crippen LogP contribution in [0.2, 0.25) is 0 Å². The van der Waals surface area contributed by atoms with E-state index in [1.807, 2.05) is 13.0 Å². The smallest absolute Gasteiger partial charge is 0.261 e. The van der Waals surface area contributed by atoms with E-state index in [0.717, 1.165) is 4.47 Å². The molecule has 0 aliphatic carbocycles. The summed E-state index contributed by atoms with van der Waals surface area (Å²) in [5.74, 6) is 0.206. The highest BCUT2D eigenvalue weighted by Gasteiger charge is 2.14. The Morgan fingerprint density at radius 3 is 2.85 bits per heavy atom. The topological polar surface area (TPSA) is 59.6 Å². The second kappa shape index (κ2) is 8.89. The average Bonchev–Trinajstić information content (AvgIpc) is 2.41. The third kappa shape index (κ3) is 5.44. The van der Waals surface area contributed by atoms with Crippen molar-refractivity contribution in [1.82, 2.24) is 10.6 Å². The van der Waals surface area contributed by atoms with E-state index in [-0.39, 0.29) is 11.0 Å². The molecule has 0 aliphatic heterocycles. The van der Waals surface area contributed by atoms with Gasteiger partial charge in [0.2, 0.25) is 0 Å². The molecule has 0 unspecified atom stereocenters. The number of carbonyl (C=O) groups is 1. The molecule has 1 amide bonds. The molecule has 5 nitrogen and oxygen atoms in total. The minimum absolute atomic E-state index is 0.259. The van der Waals surface area contributed by atoms with Crippen molar-refractivity contribution < 1.29 is 14.3 Å². The van der Waals surface area contributed by atoms with Gasteiger partial charge in [-0.2, -0.15) is 0 Å². The first kappa shape index (κ1) is 16.9. The van der Waals surface area contributed by atoms with Crippen molar-refractivity contribution >= 4 is 39.2 Å². The van der Waals surface area contributed by atoms with Gasteiger partial charge in [0.05, 0.1) is 18.8 Å². The molecule has 0 saturated heterocycles. The van der Waals surface area contributed by atoms with Crippen LogP contribution in [-0.4, -0.2) is 37.9 Å². The molecule has 20 heavy (non-hydrogen) atoms. The summed E-state index contributed by atoms with van der Waals surface area (Å²) in [6.45, 7) is 3.39. The highest BCUT2D eigenvalue weighted by atomic mass is 79.9. The van der Waals surface area contributed by atoms with Crippen LogP contribution in [0.3, 0.4) is 0 Å². The van der Waals surface area contributed by atoms with Crippen molar-refractivity contribution in [3.05, 3.63) is 28.2 Å². The fourth-order valence-corrected chi connectivity index (χ4v) is 2.00. The molecular formula is C13H17BrN2O3S. The largest absolute Gasteiger partial charge is 0.493 e. The van der Waals surface area contributed by atoms with E-state index in [0.29, 0.717) is 31.1 Å². The summed E-state index contributed by atoms with van der Waals surface area (Å²) in [6, 6.07) is 5.25. The molecule has 1 aromatic carbocycles. The van der Waals surface area contributed by atoms with E-state index in [1.54, 1.807) is 19.2 Å². The molecule has 0 aromatic heterocycles. The van der Waals surface area contributed by atoms with Gasteiger partial charge in [-0.05, 0) is 37.3 Å². The van der Waals surface area contributed by atoms with Crippen molar-refractivity contribution in [1.29, 1.82) is 0 Å². The lowest BCUT2D eigenvalue weighted by molar-refractivity contribution is 0.0972. The number of thiocarbonyl (C=S) groups is 1. The Bertz CT molecular complexity index is 483. The number of nitrogens with one attached hydrogen (secondary N) is 2. The number of rotatable bonds is 6. The number of amides is 1. The summed E-state index contributed by atoms with van der Waals surface area (Å²) in [4.78, 5) is 12.2. The first-order chi connectivity index (χ1) is 9.58. The zero-order chi connectivity index (χ0) is 15.0. The number of carbonyl (C=O) groups excluding carboxylic acids is 1. The summed E-state index contributed by atoms with van der Waals surface area (Å²) in [7, 11) is 1.60. The van der Waals surface area contributed by atoms with E-state index in [9.17, 15) is 4.79 Å². The Balaban J connectivity index is 2.71. The van der Waals surface area contributed by atoms with Crippen LogP contribution in [0.1, 0.15) is 17.3 Å². The zero-order valence-corrected chi connectivity index (χ0v) is 13.8. The van der Waals surface area contributed by atoms with Crippen molar-refractivity contribution in [2.45, 2.75) is 6.92 Å². The quantitative estimate of drug-likeness (QED) is 0.600. The first-order valence-corrected chi connectivity index (χ1v) is 7.29. The standard InChI is InChI=1S/C13H17BrN2O3S/c1-3-19-11-5-4-9(14)8-10(11)12(17)16-13(20)15-6-7-18-2/h4-5,8H,3,6-7H2,1-2H3,(H2,15,16,17,20). The molecule has 0 radical (unpaired) electrons. The van der Waals surface area contributed by atoms with Gasteiger partial charge in [-0.1, -0.05) is 15.9 Å². The predicted molar refractivity (Wildman–Crippen MR) is 85.3 cm³/mol. The molecule has 110 valence electrons. The molecule has 0 saturated carbocycles. The lowest BCUT2D eigenvalue weighted by atomic mass is 10.2. The Hall–Kier alpha value is -1.18. The van der Waals surface area contributed by atoms with Crippen LogP contribution in [0, 0.1) is 0 Å². The Kier molecular flexibility index (Phi) is 7.50. The number of halogens is 1. The Morgan fingerprint density at radius 1 is 1.45 bits per heavy atom. The SMILES string of the molecule is CCOc1ccc(Br)cc1C(=O)NC(=S)NCCOC. The van der Waals surface area contributed by atoms with Gasteiger partial charge >= 0.3 is 0 Å². The van der Waals surface area contributed by atoms with E-state index in [1.165, 1.54) is 0 Å². The minimum atomic E-state index is -0.315. The van der Waals surface area contributed by atoms with Crippen LogP contribution in [0.4, 0.5) is 0 Å². The molecular weight excluding hydrogens is 344 g/mol. The number of hydrogen-bond acceptors (Lipinski definition) is 4. The molecule has 1 aromatic rings. The number of methoxy groups -OCH3 is 1. The van der Waals surface area contributed by atoms with E-state index in [2.05, 4.69) is 26.6 Å². The summed E-state index contributed by atoms with van der Waals surface area (Å²) < 4.78 is 11.1.